The summed E-state index contributed by atoms with van der Waals surface area (Å²) in [6.07, 6.45) is 7.87. The summed E-state index contributed by atoms with van der Waals surface area (Å²) in [6.45, 7) is 3.84. The molecule has 0 amide bonds. The third kappa shape index (κ3) is 3.93. The molecule has 1 atom stereocenters. The van der Waals surface area contributed by atoms with E-state index in [2.05, 4.69) is 4.72 Å². The first-order chi connectivity index (χ1) is 7.86. The Morgan fingerprint density at radius 3 is 2.47 bits per heavy atom. The summed E-state index contributed by atoms with van der Waals surface area (Å²) in [4.78, 5) is 0. The average Bonchev–Trinajstić information content (AvgIpc) is 2.13. The molecule has 1 N–H and O–H groups in total. The highest BCUT2D eigenvalue weighted by Gasteiger charge is 2.37. The van der Waals surface area contributed by atoms with Crippen LogP contribution in [0.25, 0.3) is 0 Å². The van der Waals surface area contributed by atoms with E-state index in [1.807, 2.05) is 13.8 Å². The number of rotatable bonds is 2. The largest absolute Gasteiger partial charge is 0.336 e. The lowest BCUT2D eigenvalue weighted by atomic mass is 9.83. The maximum absolute atomic E-state index is 11.6. The summed E-state index contributed by atoms with van der Waals surface area (Å²) in [5.74, 6) is 0.651. The van der Waals surface area contributed by atoms with E-state index in [0.717, 1.165) is 12.8 Å². The Balaban J connectivity index is 1.96. The van der Waals surface area contributed by atoms with Gasteiger partial charge in [0.1, 0.15) is 0 Å². The molecule has 1 aliphatic heterocycles. The fourth-order valence-electron chi connectivity index (χ4n) is 3.10. The zero-order valence-corrected chi connectivity index (χ0v) is 11.6. The summed E-state index contributed by atoms with van der Waals surface area (Å²) in [5.41, 5.74) is -0.379. The highest BCUT2D eigenvalue weighted by molar-refractivity contribution is 7.84. The summed E-state index contributed by atoms with van der Waals surface area (Å²) < 4.78 is 30.9. The van der Waals surface area contributed by atoms with Crippen molar-refractivity contribution in [3.05, 3.63) is 0 Å². The highest BCUT2D eigenvalue weighted by atomic mass is 32.2. The molecule has 4 nitrogen and oxygen atoms in total. The van der Waals surface area contributed by atoms with Crippen LogP contribution in [0.2, 0.25) is 0 Å². The molecule has 0 unspecified atom stereocenters. The Labute approximate surface area is 104 Å². The molecule has 0 bridgehead atoms. The van der Waals surface area contributed by atoms with Gasteiger partial charge in [-0.25, -0.2) is 0 Å². The zero-order valence-electron chi connectivity index (χ0n) is 10.7. The SMILES string of the molecule is CC1(C)C[C@@H](CC2CCCCC2)OS(=O)(=O)N1. The lowest BCUT2D eigenvalue weighted by Gasteiger charge is -2.37. The molecule has 17 heavy (non-hydrogen) atoms. The second-order valence-corrected chi connectivity index (χ2v) is 7.41. The maximum atomic E-state index is 11.6. The minimum Gasteiger partial charge on any atom is -0.255 e. The Kier molecular flexibility index (Phi) is 3.80. The monoisotopic (exact) mass is 261 g/mol. The van der Waals surface area contributed by atoms with Crippen LogP contribution in [0.1, 0.15) is 58.8 Å². The molecular formula is C12H23NO3S. The minimum atomic E-state index is -3.54. The Bertz CT molecular complexity index is 358. The summed E-state index contributed by atoms with van der Waals surface area (Å²) >= 11 is 0. The molecule has 1 heterocycles. The molecular weight excluding hydrogens is 238 g/mol. The van der Waals surface area contributed by atoms with Gasteiger partial charge in [-0.2, -0.15) is 13.1 Å². The lowest BCUT2D eigenvalue weighted by molar-refractivity contribution is 0.100. The molecule has 2 aliphatic rings. The molecule has 5 heteroatoms. The first kappa shape index (κ1) is 13.3. The van der Waals surface area contributed by atoms with Gasteiger partial charge in [0.25, 0.3) is 0 Å². The van der Waals surface area contributed by atoms with Crippen molar-refractivity contribution in [2.75, 3.05) is 0 Å². The van der Waals surface area contributed by atoms with E-state index >= 15 is 0 Å². The van der Waals surface area contributed by atoms with Gasteiger partial charge in [-0.1, -0.05) is 32.1 Å². The van der Waals surface area contributed by atoms with Crippen molar-refractivity contribution in [2.45, 2.75) is 70.4 Å². The van der Waals surface area contributed by atoms with Crippen molar-refractivity contribution >= 4 is 10.3 Å². The van der Waals surface area contributed by atoms with Crippen molar-refractivity contribution in [3.63, 3.8) is 0 Å². The quantitative estimate of drug-likeness (QED) is 0.830. The average molecular weight is 261 g/mol. The van der Waals surface area contributed by atoms with Crippen LogP contribution in [0.4, 0.5) is 0 Å². The normalized spacial score (nSPS) is 33.4. The molecule has 1 saturated heterocycles. The predicted molar refractivity (Wildman–Crippen MR) is 66.8 cm³/mol. The van der Waals surface area contributed by atoms with E-state index in [-0.39, 0.29) is 11.6 Å². The van der Waals surface area contributed by atoms with Gasteiger partial charge in [0.15, 0.2) is 0 Å². The van der Waals surface area contributed by atoms with E-state index in [0.29, 0.717) is 5.92 Å². The highest BCUT2D eigenvalue weighted by Crippen LogP contribution is 2.32. The van der Waals surface area contributed by atoms with E-state index in [1.54, 1.807) is 0 Å². The second-order valence-electron chi connectivity index (χ2n) is 6.10. The van der Waals surface area contributed by atoms with Crippen molar-refractivity contribution in [2.24, 2.45) is 5.92 Å². The number of hydrogen-bond donors (Lipinski definition) is 1. The topological polar surface area (TPSA) is 55.4 Å². The standard InChI is InChI=1S/C12H23NO3S/c1-12(2)9-11(16-17(14,15)13-12)8-10-6-4-3-5-7-10/h10-11,13H,3-9H2,1-2H3/t11-/m1/s1. The van der Waals surface area contributed by atoms with Crippen LogP contribution < -0.4 is 4.72 Å². The van der Waals surface area contributed by atoms with Gasteiger partial charge >= 0.3 is 10.3 Å². The fraction of sp³-hybridized carbons (Fsp3) is 1.00. The van der Waals surface area contributed by atoms with Gasteiger partial charge in [-0.15, -0.1) is 0 Å². The van der Waals surface area contributed by atoms with Gasteiger partial charge in [0.2, 0.25) is 0 Å². The number of nitrogens with one attached hydrogen (secondary N) is 1. The molecule has 100 valence electrons. The van der Waals surface area contributed by atoms with Crippen LogP contribution in [0.3, 0.4) is 0 Å². The minimum absolute atomic E-state index is 0.139. The van der Waals surface area contributed by atoms with E-state index < -0.39 is 10.3 Å². The Morgan fingerprint density at radius 2 is 1.88 bits per heavy atom. The summed E-state index contributed by atoms with van der Waals surface area (Å²) in [6, 6.07) is 0. The van der Waals surface area contributed by atoms with E-state index in [9.17, 15) is 8.42 Å². The van der Waals surface area contributed by atoms with Crippen LogP contribution in [0.15, 0.2) is 0 Å². The van der Waals surface area contributed by atoms with Gasteiger partial charge < -0.3 is 0 Å². The molecule has 0 spiro atoms. The second kappa shape index (κ2) is 4.86. The third-order valence-electron chi connectivity index (χ3n) is 3.72. The lowest BCUT2D eigenvalue weighted by Crippen LogP contribution is -2.52. The van der Waals surface area contributed by atoms with Gasteiger partial charge in [0, 0.05) is 5.54 Å². The molecule has 0 aromatic heterocycles. The van der Waals surface area contributed by atoms with Gasteiger partial charge in [-0.05, 0) is 32.6 Å². The molecule has 2 rings (SSSR count). The molecule has 2 fully saturated rings. The zero-order chi connectivity index (χ0) is 12.5. The Hall–Kier alpha value is -0.130. The first-order valence-corrected chi connectivity index (χ1v) is 7.99. The Morgan fingerprint density at radius 1 is 1.24 bits per heavy atom. The van der Waals surface area contributed by atoms with Crippen LogP contribution in [-0.2, 0) is 14.5 Å². The molecule has 0 aromatic rings. The molecule has 1 saturated carbocycles. The predicted octanol–water partition coefficient (Wildman–Crippen LogP) is 2.36. The van der Waals surface area contributed by atoms with Crippen molar-refractivity contribution < 1.29 is 12.6 Å². The number of hydrogen-bond acceptors (Lipinski definition) is 3. The summed E-state index contributed by atoms with van der Waals surface area (Å²) in [5, 5.41) is 0. The van der Waals surface area contributed by atoms with E-state index in [1.165, 1.54) is 32.1 Å². The van der Waals surface area contributed by atoms with Gasteiger partial charge in [-0.3, -0.25) is 4.18 Å². The molecule has 0 aromatic carbocycles. The van der Waals surface area contributed by atoms with Crippen LogP contribution >= 0.6 is 0 Å². The van der Waals surface area contributed by atoms with Crippen molar-refractivity contribution in [3.8, 4) is 0 Å². The smallest absolute Gasteiger partial charge is 0.255 e. The van der Waals surface area contributed by atoms with Gasteiger partial charge in [0.05, 0.1) is 6.10 Å². The van der Waals surface area contributed by atoms with Crippen LogP contribution in [0.5, 0.6) is 0 Å². The van der Waals surface area contributed by atoms with E-state index in [4.69, 9.17) is 4.18 Å². The van der Waals surface area contributed by atoms with Crippen LogP contribution in [-0.4, -0.2) is 20.1 Å². The molecule has 0 radical (unpaired) electrons. The summed E-state index contributed by atoms with van der Waals surface area (Å²) in [7, 11) is -3.54. The molecule has 1 aliphatic carbocycles. The van der Waals surface area contributed by atoms with Crippen LogP contribution in [0, 0.1) is 5.92 Å². The van der Waals surface area contributed by atoms with Crippen molar-refractivity contribution in [1.82, 2.24) is 4.72 Å². The maximum Gasteiger partial charge on any atom is 0.336 e. The van der Waals surface area contributed by atoms with Crippen molar-refractivity contribution in [1.29, 1.82) is 0 Å². The first-order valence-electron chi connectivity index (χ1n) is 6.58. The fourth-order valence-corrected chi connectivity index (χ4v) is 4.42. The third-order valence-corrected chi connectivity index (χ3v) is 5.05.